The molecule has 1 fully saturated rings. The molecule has 0 radical (unpaired) electrons. The SMILES string of the molecule is NC(=O)c1cc2c(N3CCC(N)C3)ccnc2s1. The molecule has 1 aliphatic heterocycles. The number of nitrogens with two attached hydrogens (primary N) is 2. The number of nitrogens with zero attached hydrogens (tertiary/aromatic N) is 2. The molecule has 0 spiro atoms. The van der Waals surface area contributed by atoms with Crippen molar-refractivity contribution in [2.45, 2.75) is 12.5 Å². The summed E-state index contributed by atoms with van der Waals surface area (Å²) in [5.74, 6) is -0.401. The minimum Gasteiger partial charge on any atom is -0.369 e. The normalized spacial score (nSPS) is 19.6. The quantitative estimate of drug-likeness (QED) is 0.843. The molecule has 6 heteroatoms. The molecule has 2 aromatic heterocycles. The largest absolute Gasteiger partial charge is 0.369 e. The summed E-state index contributed by atoms with van der Waals surface area (Å²) in [5, 5.41) is 0.991. The van der Waals surface area contributed by atoms with Crippen molar-refractivity contribution >= 4 is 33.1 Å². The van der Waals surface area contributed by atoms with E-state index >= 15 is 0 Å². The highest BCUT2D eigenvalue weighted by Crippen LogP contribution is 2.33. The van der Waals surface area contributed by atoms with Crippen molar-refractivity contribution in [2.75, 3.05) is 18.0 Å². The van der Waals surface area contributed by atoms with Crippen molar-refractivity contribution < 1.29 is 4.79 Å². The van der Waals surface area contributed by atoms with Crippen LogP contribution >= 0.6 is 11.3 Å². The number of hydrogen-bond donors (Lipinski definition) is 2. The molecule has 94 valence electrons. The molecular formula is C12H14N4OS. The Labute approximate surface area is 108 Å². The summed E-state index contributed by atoms with van der Waals surface area (Å²) in [6, 6.07) is 4.02. The van der Waals surface area contributed by atoms with Gasteiger partial charge in [-0.05, 0) is 18.6 Å². The number of rotatable bonds is 2. The molecule has 1 atom stereocenters. The van der Waals surface area contributed by atoms with Crippen LogP contribution in [0.2, 0.25) is 0 Å². The Morgan fingerprint density at radius 3 is 3.06 bits per heavy atom. The first-order valence-electron chi connectivity index (χ1n) is 5.84. The second-order valence-electron chi connectivity index (χ2n) is 4.52. The maximum absolute atomic E-state index is 11.2. The third-order valence-electron chi connectivity index (χ3n) is 3.22. The Kier molecular flexibility index (Phi) is 2.68. The molecule has 0 aromatic carbocycles. The number of primary amides is 1. The number of amides is 1. The van der Waals surface area contributed by atoms with Crippen LogP contribution in [0.15, 0.2) is 18.3 Å². The first kappa shape index (κ1) is 11.4. The van der Waals surface area contributed by atoms with E-state index in [4.69, 9.17) is 11.5 Å². The van der Waals surface area contributed by atoms with Crippen LogP contribution in [0, 0.1) is 0 Å². The smallest absolute Gasteiger partial charge is 0.258 e. The Hall–Kier alpha value is -1.66. The summed E-state index contributed by atoms with van der Waals surface area (Å²) in [6.45, 7) is 1.79. The van der Waals surface area contributed by atoms with E-state index in [0.717, 1.165) is 35.4 Å². The summed E-state index contributed by atoms with van der Waals surface area (Å²) in [7, 11) is 0. The lowest BCUT2D eigenvalue weighted by molar-refractivity contribution is 0.100. The zero-order chi connectivity index (χ0) is 12.7. The molecule has 1 aliphatic rings. The average Bonchev–Trinajstić information content (AvgIpc) is 2.94. The number of thiophene rings is 1. The van der Waals surface area contributed by atoms with Gasteiger partial charge in [-0.1, -0.05) is 0 Å². The van der Waals surface area contributed by atoms with Gasteiger partial charge in [-0.2, -0.15) is 0 Å². The van der Waals surface area contributed by atoms with Gasteiger partial charge in [0.1, 0.15) is 4.83 Å². The molecular weight excluding hydrogens is 248 g/mol. The van der Waals surface area contributed by atoms with Gasteiger partial charge < -0.3 is 16.4 Å². The average molecular weight is 262 g/mol. The summed E-state index contributed by atoms with van der Waals surface area (Å²) in [4.78, 5) is 19.2. The van der Waals surface area contributed by atoms with Crippen molar-refractivity contribution in [2.24, 2.45) is 11.5 Å². The van der Waals surface area contributed by atoms with E-state index in [2.05, 4.69) is 9.88 Å². The van der Waals surface area contributed by atoms with E-state index in [0.29, 0.717) is 4.88 Å². The van der Waals surface area contributed by atoms with Crippen LogP contribution in [0.5, 0.6) is 0 Å². The predicted octanol–water partition coefficient (Wildman–Crippen LogP) is 0.933. The van der Waals surface area contributed by atoms with Crippen LogP contribution in [0.25, 0.3) is 10.2 Å². The van der Waals surface area contributed by atoms with E-state index in [-0.39, 0.29) is 6.04 Å². The van der Waals surface area contributed by atoms with Crippen LogP contribution in [0.1, 0.15) is 16.1 Å². The number of aromatic nitrogens is 1. The highest BCUT2D eigenvalue weighted by atomic mass is 32.1. The van der Waals surface area contributed by atoms with Crippen LogP contribution < -0.4 is 16.4 Å². The fraction of sp³-hybridized carbons (Fsp3) is 0.333. The Morgan fingerprint density at radius 2 is 2.39 bits per heavy atom. The van der Waals surface area contributed by atoms with E-state index in [1.54, 1.807) is 6.20 Å². The van der Waals surface area contributed by atoms with Gasteiger partial charge in [0.15, 0.2) is 0 Å². The third-order valence-corrected chi connectivity index (χ3v) is 4.28. The van der Waals surface area contributed by atoms with Crippen molar-refractivity contribution in [1.29, 1.82) is 0 Å². The zero-order valence-electron chi connectivity index (χ0n) is 9.80. The number of hydrogen-bond acceptors (Lipinski definition) is 5. The molecule has 1 amide bonds. The van der Waals surface area contributed by atoms with Crippen LogP contribution in [-0.4, -0.2) is 30.0 Å². The number of fused-ring (bicyclic) bond motifs is 1. The lowest BCUT2D eigenvalue weighted by Gasteiger charge is -2.18. The molecule has 3 rings (SSSR count). The van der Waals surface area contributed by atoms with E-state index in [1.807, 2.05) is 12.1 Å². The monoisotopic (exact) mass is 262 g/mol. The number of pyridine rings is 1. The standard InChI is InChI=1S/C12H14N4OS/c13-7-2-4-16(6-7)9-1-3-15-12-8(9)5-10(18-12)11(14)17/h1,3,5,7H,2,4,6,13H2,(H2,14,17). The minimum absolute atomic E-state index is 0.225. The van der Waals surface area contributed by atoms with E-state index < -0.39 is 5.91 Å². The van der Waals surface area contributed by atoms with Gasteiger partial charge in [0, 0.05) is 36.4 Å². The molecule has 18 heavy (non-hydrogen) atoms. The second kappa shape index (κ2) is 4.22. The lowest BCUT2D eigenvalue weighted by Crippen LogP contribution is -2.26. The molecule has 5 nitrogen and oxygen atoms in total. The minimum atomic E-state index is -0.401. The van der Waals surface area contributed by atoms with Gasteiger partial charge in [-0.15, -0.1) is 11.3 Å². The topological polar surface area (TPSA) is 85.2 Å². The van der Waals surface area contributed by atoms with Crippen LogP contribution in [0.4, 0.5) is 5.69 Å². The molecule has 1 unspecified atom stereocenters. The highest BCUT2D eigenvalue weighted by Gasteiger charge is 2.22. The Balaban J connectivity index is 2.09. The van der Waals surface area contributed by atoms with E-state index in [9.17, 15) is 4.79 Å². The summed E-state index contributed by atoms with van der Waals surface area (Å²) in [5.41, 5.74) is 12.3. The van der Waals surface area contributed by atoms with Gasteiger partial charge >= 0.3 is 0 Å². The van der Waals surface area contributed by atoms with Crippen LogP contribution in [0.3, 0.4) is 0 Å². The first-order chi connectivity index (χ1) is 8.65. The molecule has 4 N–H and O–H groups in total. The van der Waals surface area contributed by atoms with Crippen molar-refractivity contribution in [1.82, 2.24) is 4.98 Å². The van der Waals surface area contributed by atoms with Crippen LogP contribution in [-0.2, 0) is 0 Å². The first-order valence-corrected chi connectivity index (χ1v) is 6.65. The zero-order valence-corrected chi connectivity index (χ0v) is 10.6. The van der Waals surface area contributed by atoms with Crippen molar-refractivity contribution in [3.8, 4) is 0 Å². The molecule has 0 saturated carbocycles. The maximum Gasteiger partial charge on any atom is 0.258 e. The van der Waals surface area contributed by atoms with Gasteiger partial charge in [0.25, 0.3) is 5.91 Å². The van der Waals surface area contributed by atoms with E-state index in [1.165, 1.54) is 11.3 Å². The molecule has 3 heterocycles. The predicted molar refractivity (Wildman–Crippen MR) is 72.9 cm³/mol. The second-order valence-corrected chi connectivity index (χ2v) is 5.55. The third kappa shape index (κ3) is 1.83. The fourth-order valence-corrected chi connectivity index (χ4v) is 3.20. The summed E-state index contributed by atoms with van der Waals surface area (Å²) < 4.78 is 0. The summed E-state index contributed by atoms with van der Waals surface area (Å²) in [6.07, 6.45) is 2.76. The molecule has 0 bridgehead atoms. The fourth-order valence-electron chi connectivity index (χ4n) is 2.33. The maximum atomic E-state index is 11.2. The Morgan fingerprint density at radius 1 is 1.56 bits per heavy atom. The van der Waals surface area contributed by atoms with Crippen molar-refractivity contribution in [3.05, 3.63) is 23.2 Å². The molecule has 1 saturated heterocycles. The van der Waals surface area contributed by atoms with Gasteiger partial charge in [0.05, 0.1) is 4.88 Å². The lowest BCUT2D eigenvalue weighted by atomic mass is 10.2. The highest BCUT2D eigenvalue weighted by molar-refractivity contribution is 7.20. The molecule has 0 aliphatic carbocycles. The number of carbonyl (C=O) groups is 1. The Bertz CT molecular complexity index is 609. The number of carbonyl (C=O) groups excluding carboxylic acids is 1. The molecule has 2 aromatic rings. The van der Waals surface area contributed by atoms with Crippen molar-refractivity contribution in [3.63, 3.8) is 0 Å². The van der Waals surface area contributed by atoms with Gasteiger partial charge in [-0.3, -0.25) is 4.79 Å². The van der Waals surface area contributed by atoms with Gasteiger partial charge in [-0.25, -0.2) is 4.98 Å². The number of anilines is 1. The van der Waals surface area contributed by atoms with Gasteiger partial charge in [0.2, 0.25) is 0 Å². The summed E-state index contributed by atoms with van der Waals surface area (Å²) >= 11 is 1.34.